The van der Waals surface area contributed by atoms with E-state index in [1.54, 1.807) is 30.3 Å². The molecule has 2 aromatic rings. The highest BCUT2D eigenvalue weighted by molar-refractivity contribution is 6.35. The molecule has 162 valence electrons. The molecule has 0 aliphatic carbocycles. The Morgan fingerprint density at radius 2 is 1.81 bits per heavy atom. The number of rotatable bonds is 6. The predicted octanol–water partition coefficient (Wildman–Crippen LogP) is 4.24. The fourth-order valence-electron chi connectivity index (χ4n) is 4.33. The summed E-state index contributed by atoms with van der Waals surface area (Å²) in [5.74, 6) is -0.0195. The zero-order valence-electron chi connectivity index (χ0n) is 17.9. The lowest BCUT2D eigenvalue weighted by Gasteiger charge is -2.33. The predicted molar refractivity (Wildman–Crippen MR) is 116 cm³/mol. The van der Waals surface area contributed by atoms with Crippen molar-refractivity contribution in [3.63, 3.8) is 0 Å². The third-order valence-electron chi connectivity index (χ3n) is 5.86. The molecular formula is C25H27FN2O3. The van der Waals surface area contributed by atoms with Gasteiger partial charge in [0.2, 0.25) is 0 Å². The highest BCUT2D eigenvalue weighted by Gasteiger charge is 2.42. The average Bonchev–Trinajstić information content (AvgIpc) is 3.01. The second-order valence-electron chi connectivity index (χ2n) is 8.16. The average molecular weight is 423 g/mol. The first-order valence-electron chi connectivity index (χ1n) is 10.8. The molecule has 1 fully saturated rings. The first-order valence-corrected chi connectivity index (χ1v) is 10.8. The van der Waals surface area contributed by atoms with Crippen LogP contribution < -0.4 is 4.74 Å². The number of imide groups is 1. The van der Waals surface area contributed by atoms with E-state index in [-0.39, 0.29) is 18.4 Å². The van der Waals surface area contributed by atoms with Gasteiger partial charge in [-0.3, -0.25) is 14.5 Å². The van der Waals surface area contributed by atoms with Crippen LogP contribution >= 0.6 is 0 Å². The number of carbonyl (C=O) groups is 2. The van der Waals surface area contributed by atoms with Crippen molar-refractivity contribution in [3.8, 4) is 5.75 Å². The van der Waals surface area contributed by atoms with Gasteiger partial charge in [-0.05, 0) is 49.4 Å². The number of hydrogen-bond acceptors (Lipinski definition) is 4. The standard InChI is InChI=1S/C25H27FN2O3/c1-3-31-20-12-10-18(11-13-20)22-23(27-14-6-7-17(2)15-27)25(30)28(24(22)29)16-19-8-4-5-9-21(19)26/h4-5,8-13,17H,3,6-7,14-16H2,1-2H3. The number of likely N-dealkylation sites (tertiary alicyclic amines) is 1. The maximum atomic E-state index is 14.3. The molecule has 4 rings (SSSR count). The second kappa shape index (κ2) is 8.92. The third-order valence-corrected chi connectivity index (χ3v) is 5.86. The van der Waals surface area contributed by atoms with Crippen LogP contribution in [0.5, 0.6) is 5.75 Å². The summed E-state index contributed by atoms with van der Waals surface area (Å²) in [6.07, 6.45) is 2.07. The first-order chi connectivity index (χ1) is 15.0. The molecule has 31 heavy (non-hydrogen) atoms. The van der Waals surface area contributed by atoms with E-state index >= 15 is 0 Å². The van der Waals surface area contributed by atoms with Crippen molar-refractivity contribution in [1.29, 1.82) is 0 Å². The van der Waals surface area contributed by atoms with Gasteiger partial charge >= 0.3 is 0 Å². The number of amides is 2. The van der Waals surface area contributed by atoms with Gasteiger partial charge in [0.25, 0.3) is 11.8 Å². The number of nitrogens with zero attached hydrogens (tertiary/aromatic N) is 2. The smallest absolute Gasteiger partial charge is 0.278 e. The number of piperidine rings is 1. The molecule has 0 N–H and O–H groups in total. The zero-order chi connectivity index (χ0) is 22.0. The molecule has 0 aromatic heterocycles. The Hall–Kier alpha value is -3.15. The Morgan fingerprint density at radius 3 is 2.48 bits per heavy atom. The number of benzene rings is 2. The van der Waals surface area contributed by atoms with E-state index in [2.05, 4.69) is 6.92 Å². The lowest BCUT2D eigenvalue weighted by atomic mass is 9.97. The molecule has 2 aliphatic heterocycles. The minimum Gasteiger partial charge on any atom is -0.494 e. The number of carbonyl (C=O) groups excluding carboxylic acids is 2. The third kappa shape index (κ3) is 4.20. The largest absolute Gasteiger partial charge is 0.494 e. The van der Waals surface area contributed by atoms with Crippen molar-refractivity contribution in [2.75, 3.05) is 19.7 Å². The van der Waals surface area contributed by atoms with Gasteiger partial charge in [-0.15, -0.1) is 0 Å². The molecule has 6 heteroatoms. The number of ether oxygens (including phenoxy) is 1. The molecule has 0 spiro atoms. The van der Waals surface area contributed by atoms with Crippen LogP contribution in [0.2, 0.25) is 0 Å². The molecule has 1 unspecified atom stereocenters. The highest BCUT2D eigenvalue weighted by atomic mass is 19.1. The quantitative estimate of drug-likeness (QED) is 0.654. The van der Waals surface area contributed by atoms with Crippen LogP contribution in [0.15, 0.2) is 54.2 Å². The Balaban J connectivity index is 1.73. The van der Waals surface area contributed by atoms with Crippen LogP contribution in [0.3, 0.4) is 0 Å². The SMILES string of the molecule is CCOc1ccc(C2=C(N3CCCC(C)C3)C(=O)N(Cc3ccccc3F)C2=O)cc1. The maximum absolute atomic E-state index is 14.3. The number of halogens is 1. The lowest BCUT2D eigenvalue weighted by molar-refractivity contribution is -0.138. The second-order valence-corrected chi connectivity index (χ2v) is 8.16. The molecule has 0 radical (unpaired) electrons. The Morgan fingerprint density at radius 1 is 1.06 bits per heavy atom. The summed E-state index contributed by atoms with van der Waals surface area (Å²) >= 11 is 0. The van der Waals surface area contributed by atoms with E-state index < -0.39 is 5.82 Å². The van der Waals surface area contributed by atoms with Gasteiger partial charge in [0, 0.05) is 18.7 Å². The molecule has 1 saturated heterocycles. The van der Waals surface area contributed by atoms with E-state index in [9.17, 15) is 14.0 Å². The lowest BCUT2D eigenvalue weighted by Crippen LogP contribution is -2.39. The van der Waals surface area contributed by atoms with Gasteiger partial charge in [0.05, 0.1) is 18.7 Å². The highest BCUT2D eigenvalue weighted by Crippen LogP contribution is 2.35. The fourth-order valence-corrected chi connectivity index (χ4v) is 4.33. The van der Waals surface area contributed by atoms with E-state index in [1.807, 2.05) is 24.0 Å². The van der Waals surface area contributed by atoms with Crippen LogP contribution in [-0.4, -0.2) is 41.3 Å². The van der Waals surface area contributed by atoms with Crippen molar-refractivity contribution >= 4 is 17.4 Å². The van der Waals surface area contributed by atoms with Crippen LogP contribution in [0.1, 0.15) is 37.8 Å². The molecule has 1 atom stereocenters. The molecule has 2 aromatic carbocycles. The summed E-state index contributed by atoms with van der Waals surface area (Å²) < 4.78 is 19.8. The van der Waals surface area contributed by atoms with Crippen LogP contribution in [0, 0.1) is 11.7 Å². The van der Waals surface area contributed by atoms with Gasteiger partial charge in [-0.25, -0.2) is 4.39 Å². The Kier molecular flexibility index (Phi) is 6.07. The van der Waals surface area contributed by atoms with Gasteiger partial charge in [-0.1, -0.05) is 37.3 Å². The summed E-state index contributed by atoms with van der Waals surface area (Å²) in [5.41, 5.74) is 1.81. The van der Waals surface area contributed by atoms with Gasteiger partial charge in [-0.2, -0.15) is 0 Å². The van der Waals surface area contributed by atoms with Crippen LogP contribution in [0.4, 0.5) is 4.39 Å². The van der Waals surface area contributed by atoms with Crippen molar-refractivity contribution in [2.24, 2.45) is 5.92 Å². The topological polar surface area (TPSA) is 49.9 Å². The summed E-state index contributed by atoms with van der Waals surface area (Å²) in [6, 6.07) is 13.5. The minimum atomic E-state index is -0.425. The molecule has 2 aliphatic rings. The summed E-state index contributed by atoms with van der Waals surface area (Å²) in [5, 5.41) is 0. The molecule has 0 bridgehead atoms. The summed E-state index contributed by atoms with van der Waals surface area (Å²) in [7, 11) is 0. The Bertz CT molecular complexity index is 1020. The summed E-state index contributed by atoms with van der Waals surface area (Å²) in [6.45, 7) is 5.98. The van der Waals surface area contributed by atoms with Gasteiger partial charge in [0.1, 0.15) is 17.3 Å². The van der Waals surface area contributed by atoms with E-state index in [1.165, 1.54) is 11.0 Å². The first kappa shape index (κ1) is 21.1. The zero-order valence-corrected chi connectivity index (χ0v) is 17.9. The minimum absolute atomic E-state index is 0.0856. The number of hydrogen-bond donors (Lipinski definition) is 0. The van der Waals surface area contributed by atoms with E-state index in [0.29, 0.717) is 40.7 Å². The maximum Gasteiger partial charge on any atom is 0.278 e. The van der Waals surface area contributed by atoms with Crippen molar-refractivity contribution < 1.29 is 18.7 Å². The normalized spacial score (nSPS) is 19.4. The fraction of sp³-hybridized carbons (Fsp3) is 0.360. The van der Waals surface area contributed by atoms with Crippen molar-refractivity contribution in [3.05, 3.63) is 71.2 Å². The van der Waals surface area contributed by atoms with Crippen LogP contribution in [0.25, 0.3) is 5.57 Å². The molecular weight excluding hydrogens is 395 g/mol. The van der Waals surface area contributed by atoms with Crippen molar-refractivity contribution in [2.45, 2.75) is 33.2 Å². The molecule has 5 nitrogen and oxygen atoms in total. The monoisotopic (exact) mass is 422 g/mol. The Labute approximate surface area is 182 Å². The van der Waals surface area contributed by atoms with E-state index in [4.69, 9.17) is 4.74 Å². The molecule has 0 saturated carbocycles. The molecule has 2 heterocycles. The molecule has 2 amide bonds. The summed E-state index contributed by atoms with van der Waals surface area (Å²) in [4.78, 5) is 30.1. The van der Waals surface area contributed by atoms with Crippen LogP contribution in [-0.2, 0) is 16.1 Å². The van der Waals surface area contributed by atoms with Gasteiger partial charge < -0.3 is 9.64 Å². The van der Waals surface area contributed by atoms with E-state index in [0.717, 1.165) is 25.9 Å². The van der Waals surface area contributed by atoms with Gasteiger partial charge in [0.15, 0.2) is 0 Å². The van der Waals surface area contributed by atoms with Crippen molar-refractivity contribution in [1.82, 2.24) is 9.80 Å².